The van der Waals surface area contributed by atoms with Crippen molar-refractivity contribution >= 4 is 22.9 Å². The zero-order valence-corrected chi connectivity index (χ0v) is 7.58. The molecule has 0 saturated heterocycles. The molecule has 0 fully saturated rings. The summed E-state index contributed by atoms with van der Waals surface area (Å²) in [6.07, 6.45) is -1.11. The van der Waals surface area contributed by atoms with Crippen LogP contribution in [0, 0.1) is 0 Å². The number of halogens is 3. The summed E-state index contributed by atoms with van der Waals surface area (Å²) >= 11 is 6.53. The molecular formula is C6H7ClF2N2S. The number of aromatic nitrogens is 1. The molecule has 0 bridgehead atoms. The SMILES string of the molecule is NCC(c1cnc(Cl)s1)C(F)F. The van der Waals surface area contributed by atoms with E-state index in [4.69, 9.17) is 17.3 Å². The highest BCUT2D eigenvalue weighted by Crippen LogP contribution is 2.29. The van der Waals surface area contributed by atoms with Crippen molar-refractivity contribution in [1.82, 2.24) is 4.98 Å². The van der Waals surface area contributed by atoms with E-state index in [1.54, 1.807) is 0 Å². The summed E-state index contributed by atoms with van der Waals surface area (Å²) in [6, 6.07) is 0. The van der Waals surface area contributed by atoms with Gasteiger partial charge in [-0.2, -0.15) is 0 Å². The Morgan fingerprint density at radius 3 is 2.67 bits per heavy atom. The van der Waals surface area contributed by atoms with Crippen LogP contribution in [-0.4, -0.2) is 18.0 Å². The second-order valence-corrected chi connectivity index (χ2v) is 3.84. The molecule has 0 spiro atoms. The summed E-state index contributed by atoms with van der Waals surface area (Å²) in [6.45, 7) is -0.0871. The third-order valence-electron chi connectivity index (χ3n) is 1.42. The molecule has 1 rings (SSSR count). The fraction of sp³-hybridized carbons (Fsp3) is 0.500. The first-order chi connectivity index (χ1) is 5.65. The van der Waals surface area contributed by atoms with E-state index < -0.39 is 12.3 Å². The van der Waals surface area contributed by atoms with Crippen LogP contribution >= 0.6 is 22.9 Å². The topological polar surface area (TPSA) is 38.9 Å². The van der Waals surface area contributed by atoms with Gasteiger partial charge in [-0.25, -0.2) is 13.8 Å². The Kier molecular flexibility index (Phi) is 3.37. The molecular weight excluding hydrogens is 206 g/mol. The van der Waals surface area contributed by atoms with Crippen LogP contribution in [0.4, 0.5) is 8.78 Å². The average molecular weight is 213 g/mol. The van der Waals surface area contributed by atoms with E-state index >= 15 is 0 Å². The quantitative estimate of drug-likeness (QED) is 0.834. The van der Waals surface area contributed by atoms with E-state index in [2.05, 4.69) is 4.98 Å². The lowest BCUT2D eigenvalue weighted by Gasteiger charge is -2.09. The van der Waals surface area contributed by atoms with E-state index in [1.807, 2.05) is 0 Å². The fourth-order valence-electron chi connectivity index (χ4n) is 0.779. The van der Waals surface area contributed by atoms with Gasteiger partial charge in [0.15, 0.2) is 4.47 Å². The Morgan fingerprint density at radius 1 is 1.67 bits per heavy atom. The lowest BCUT2D eigenvalue weighted by Crippen LogP contribution is -2.18. The molecule has 2 nitrogen and oxygen atoms in total. The predicted molar refractivity (Wildman–Crippen MR) is 44.9 cm³/mol. The molecule has 6 heteroatoms. The number of hydrogen-bond donors (Lipinski definition) is 1. The monoisotopic (exact) mass is 212 g/mol. The highest BCUT2D eigenvalue weighted by Gasteiger charge is 2.22. The van der Waals surface area contributed by atoms with Crippen LogP contribution in [0.1, 0.15) is 10.8 Å². The van der Waals surface area contributed by atoms with Crippen LogP contribution in [0.3, 0.4) is 0 Å². The first kappa shape index (κ1) is 9.83. The van der Waals surface area contributed by atoms with Gasteiger partial charge in [-0.3, -0.25) is 0 Å². The van der Waals surface area contributed by atoms with E-state index in [-0.39, 0.29) is 11.0 Å². The zero-order valence-electron chi connectivity index (χ0n) is 6.01. The molecule has 0 amide bonds. The Bertz CT molecular complexity index is 253. The lowest BCUT2D eigenvalue weighted by atomic mass is 10.1. The van der Waals surface area contributed by atoms with Gasteiger partial charge in [-0.05, 0) is 0 Å². The lowest BCUT2D eigenvalue weighted by molar-refractivity contribution is 0.118. The summed E-state index contributed by atoms with van der Waals surface area (Å²) < 4.78 is 24.8. The maximum absolute atomic E-state index is 12.3. The van der Waals surface area contributed by atoms with Crippen LogP contribution in [0.25, 0.3) is 0 Å². The number of nitrogens with two attached hydrogens (primary N) is 1. The third kappa shape index (κ3) is 2.12. The van der Waals surface area contributed by atoms with Gasteiger partial charge in [-0.1, -0.05) is 11.6 Å². The van der Waals surface area contributed by atoms with Gasteiger partial charge in [-0.15, -0.1) is 11.3 Å². The normalized spacial score (nSPS) is 13.8. The first-order valence-electron chi connectivity index (χ1n) is 3.24. The maximum Gasteiger partial charge on any atom is 0.247 e. The van der Waals surface area contributed by atoms with Crippen molar-refractivity contribution in [3.8, 4) is 0 Å². The van der Waals surface area contributed by atoms with Gasteiger partial charge >= 0.3 is 0 Å². The van der Waals surface area contributed by atoms with Crippen molar-refractivity contribution in [2.75, 3.05) is 6.54 Å². The van der Waals surface area contributed by atoms with E-state index in [0.717, 1.165) is 11.3 Å². The minimum absolute atomic E-state index is 0.0871. The standard InChI is InChI=1S/C6H7ClF2N2S/c7-6-11-2-4(12-6)3(1-10)5(8)9/h2-3,5H,1,10H2. The van der Waals surface area contributed by atoms with Gasteiger partial charge in [0.05, 0.1) is 5.92 Å². The minimum Gasteiger partial charge on any atom is -0.330 e. The molecule has 2 N–H and O–H groups in total. The summed E-state index contributed by atoms with van der Waals surface area (Å²) in [5.41, 5.74) is 5.17. The highest BCUT2D eigenvalue weighted by molar-refractivity contribution is 7.15. The molecule has 1 heterocycles. The second-order valence-electron chi connectivity index (χ2n) is 2.19. The summed E-state index contributed by atoms with van der Waals surface area (Å²) in [4.78, 5) is 4.11. The summed E-state index contributed by atoms with van der Waals surface area (Å²) in [7, 11) is 0. The van der Waals surface area contributed by atoms with E-state index in [0.29, 0.717) is 4.88 Å². The molecule has 1 atom stereocenters. The van der Waals surface area contributed by atoms with E-state index in [1.165, 1.54) is 6.20 Å². The smallest absolute Gasteiger partial charge is 0.247 e. The van der Waals surface area contributed by atoms with Gasteiger partial charge in [0.1, 0.15) is 0 Å². The first-order valence-corrected chi connectivity index (χ1v) is 4.44. The van der Waals surface area contributed by atoms with Crippen LogP contribution in [-0.2, 0) is 0 Å². The molecule has 0 aliphatic heterocycles. The molecule has 1 aromatic heterocycles. The number of thiazole rings is 1. The van der Waals surface area contributed by atoms with Crippen molar-refractivity contribution in [3.63, 3.8) is 0 Å². The molecule has 68 valence electrons. The Morgan fingerprint density at radius 2 is 2.33 bits per heavy atom. The largest absolute Gasteiger partial charge is 0.330 e. The predicted octanol–water partition coefficient (Wildman–Crippen LogP) is 2.10. The molecule has 1 unspecified atom stereocenters. The average Bonchev–Trinajstić information content (AvgIpc) is 2.37. The van der Waals surface area contributed by atoms with Crippen molar-refractivity contribution < 1.29 is 8.78 Å². The van der Waals surface area contributed by atoms with Gasteiger partial charge < -0.3 is 5.73 Å². The molecule has 0 aliphatic rings. The molecule has 0 radical (unpaired) electrons. The molecule has 0 aromatic carbocycles. The maximum atomic E-state index is 12.3. The molecule has 1 aromatic rings. The molecule has 0 aliphatic carbocycles. The number of rotatable bonds is 3. The van der Waals surface area contributed by atoms with Crippen LogP contribution in [0.15, 0.2) is 6.20 Å². The highest BCUT2D eigenvalue weighted by atomic mass is 35.5. The Hall–Kier alpha value is -0.260. The van der Waals surface area contributed by atoms with Crippen LogP contribution in [0.5, 0.6) is 0 Å². The molecule has 0 saturated carbocycles. The van der Waals surface area contributed by atoms with Crippen molar-refractivity contribution in [2.45, 2.75) is 12.3 Å². The van der Waals surface area contributed by atoms with Crippen molar-refractivity contribution in [1.29, 1.82) is 0 Å². The van der Waals surface area contributed by atoms with Crippen LogP contribution in [0.2, 0.25) is 4.47 Å². The van der Waals surface area contributed by atoms with Gasteiger partial charge in [0, 0.05) is 17.6 Å². The van der Waals surface area contributed by atoms with Crippen molar-refractivity contribution in [3.05, 3.63) is 15.5 Å². The van der Waals surface area contributed by atoms with E-state index in [9.17, 15) is 8.78 Å². The zero-order chi connectivity index (χ0) is 9.14. The molecule has 12 heavy (non-hydrogen) atoms. The number of alkyl halides is 2. The summed E-state index contributed by atoms with van der Waals surface area (Å²) in [5, 5.41) is 0. The van der Waals surface area contributed by atoms with Crippen LogP contribution < -0.4 is 5.73 Å². The second kappa shape index (κ2) is 4.11. The van der Waals surface area contributed by atoms with Gasteiger partial charge in [0.2, 0.25) is 6.43 Å². The number of nitrogens with zero attached hydrogens (tertiary/aromatic N) is 1. The Balaban J connectivity index is 2.80. The third-order valence-corrected chi connectivity index (χ3v) is 2.67. The summed E-state index contributed by atoms with van der Waals surface area (Å²) in [5.74, 6) is -0.935. The van der Waals surface area contributed by atoms with Crippen molar-refractivity contribution in [2.24, 2.45) is 5.73 Å². The number of hydrogen-bond acceptors (Lipinski definition) is 3. The van der Waals surface area contributed by atoms with Gasteiger partial charge in [0.25, 0.3) is 0 Å². The minimum atomic E-state index is -2.45. The Labute approximate surface area is 77.4 Å². The fourth-order valence-corrected chi connectivity index (χ4v) is 1.85.